The van der Waals surface area contributed by atoms with Crippen LogP contribution >= 0.6 is 34.8 Å². The number of hydrogen-bond donors (Lipinski definition) is 1. The molecule has 9 heteroatoms. The molecule has 1 amide bonds. The summed E-state index contributed by atoms with van der Waals surface area (Å²) in [5.74, 6) is -0.457. The number of hydrogen-bond acceptors (Lipinski definition) is 2. The molecule has 1 aromatic heterocycles. The minimum atomic E-state index is -4.56. The second kappa shape index (κ2) is 8.50. The second-order valence-electron chi connectivity index (χ2n) is 7.46. The van der Waals surface area contributed by atoms with E-state index in [0.29, 0.717) is 16.8 Å². The van der Waals surface area contributed by atoms with Gasteiger partial charge in [0.1, 0.15) is 11.7 Å². The van der Waals surface area contributed by atoms with E-state index in [1.54, 1.807) is 12.1 Å². The van der Waals surface area contributed by atoms with Crippen LogP contribution in [0.5, 0.6) is 0 Å². The van der Waals surface area contributed by atoms with Crippen LogP contribution in [0.3, 0.4) is 0 Å². The Morgan fingerprint density at radius 3 is 2.34 bits per heavy atom. The molecule has 0 spiro atoms. The van der Waals surface area contributed by atoms with Crippen molar-refractivity contribution >= 4 is 52.0 Å². The summed E-state index contributed by atoms with van der Waals surface area (Å²) in [7, 11) is 0. The minimum absolute atomic E-state index is 0.0142. The number of carbonyl (C=O) groups is 1. The summed E-state index contributed by atoms with van der Waals surface area (Å²) in [6.07, 6.45) is -0.610. The van der Waals surface area contributed by atoms with Gasteiger partial charge in [0.05, 0.1) is 22.5 Å². The van der Waals surface area contributed by atoms with E-state index in [0.717, 1.165) is 0 Å². The second-order valence-corrected chi connectivity index (χ2v) is 8.74. The summed E-state index contributed by atoms with van der Waals surface area (Å²) >= 11 is 18.3. The lowest BCUT2D eigenvalue weighted by Gasteiger charge is -2.31. The van der Waals surface area contributed by atoms with Gasteiger partial charge in [-0.1, -0.05) is 46.9 Å². The van der Waals surface area contributed by atoms with Gasteiger partial charge >= 0.3 is 6.18 Å². The molecule has 4 rings (SSSR count). The highest BCUT2D eigenvalue weighted by Crippen LogP contribution is 2.53. The molecule has 0 aliphatic heterocycles. The molecule has 1 heterocycles. The number of nitrogens with one attached hydrogen (secondary N) is 1. The number of furan rings is 1. The van der Waals surface area contributed by atoms with Gasteiger partial charge in [-0.2, -0.15) is 13.2 Å². The number of amides is 1. The van der Waals surface area contributed by atoms with Crippen LogP contribution in [0.1, 0.15) is 34.3 Å². The molecule has 1 aliphatic rings. The van der Waals surface area contributed by atoms with E-state index in [9.17, 15) is 18.0 Å². The van der Waals surface area contributed by atoms with Gasteiger partial charge in [-0.05, 0) is 65.9 Å². The molecule has 1 aliphatic carbocycles. The predicted octanol–water partition coefficient (Wildman–Crippen LogP) is 8.17. The van der Waals surface area contributed by atoms with Crippen LogP contribution in [-0.2, 0) is 5.41 Å². The lowest BCUT2D eigenvalue weighted by Crippen LogP contribution is -2.39. The van der Waals surface area contributed by atoms with Crippen LogP contribution in [0.2, 0.25) is 15.1 Å². The van der Waals surface area contributed by atoms with E-state index in [1.807, 2.05) is 0 Å². The summed E-state index contributed by atoms with van der Waals surface area (Å²) in [4.78, 5) is 12.4. The highest BCUT2D eigenvalue weighted by molar-refractivity contribution is 6.35. The third kappa shape index (κ3) is 4.27. The van der Waals surface area contributed by atoms with Crippen LogP contribution in [0.4, 0.5) is 18.9 Å². The molecule has 0 radical (unpaired) electrons. The summed E-state index contributed by atoms with van der Waals surface area (Å²) in [5, 5.41) is 3.02. The van der Waals surface area contributed by atoms with Crippen molar-refractivity contribution < 1.29 is 22.4 Å². The Balaban J connectivity index is 1.69. The molecule has 1 N–H and O–H groups in total. The fraction of sp³-hybridized carbons (Fsp3) is 0.174. The van der Waals surface area contributed by atoms with Gasteiger partial charge in [-0.25, -0.2) is 0 Å². The topological polar surface area (TPSA) is 42.2 Å². The van der Waals surface area contributed by atoms with Gasteiger partial charge in [0.2, 0.25) is 0 Å². The zero-order valence-corrected chi connectivity index (χ0v) is 18.5. The van der Waals surface area contributed by atoms with E-state index in [-0.39, 0.29) is 39.0 Å². The summed E-state index contributed by atoms with van der Waals surface area (Å²) in [6.45, 7) is 0. The molecule has 0 bridgehead atoms. The first-order chi connectivity index (χ1) is 15.1. The van der Waals surface area contributed by atoms with Gasteiger partial charge in [-0.3, -0.25) is 4.79 Å². The molecule has 0 saturated heterocycles. The SMILES string of the molecule is O=C(Nc1ccoc1)c1ccc(C2=CC(c3cc(Cl)cc(Cl)c3)(C(F)(F)F)CC2)cc1Cl. The Morgan fingerprint density at radius 2 is 1.75 bits per heavy atom. The summed E-state index contributed by atoms with van der Waals surface area (Å²) < 4.78 is 47.7. The van der Waals surface area contributed by atoms with Crippen molar-refractivity contribution in [2.75, 3.05) is 5.32 Å². The number of carbonyl (C=O) groups excluding carboxylic acids is 1. The average molecular weight is 501 g/mol. The normalized spacial score (nSPS) is 18.5. The molecule has 1 atom stereocenters. The zero-order chi connectivity index (χ0) is 23.1. The van der Waals surface area contributed by atoms with E-state index >= 15 is 0 Å². The molecule has 32 heavy (non-hydrogen) atoms. The molecule has 166 valence electrons. The third-order valence-electron chi connectivity index (χ3n) is 5.46. The van der Waals surface area contributed by atoms with Crippen molar-refractivity contribution in [2.24, 2.45) is 0 Å². The molecule has 1 unspecified atom stereocenters. The maximum absolute atomic E-state index is 14.3. The first kappa shape index (κ1) is 22.8. The van der Waals surface area contributed by atoms with Gasteiger partial charge in [0.25, 0.3) is 5.91 Å². The predicted molar refractivity (Wildman–Crippen MR) is 120 cm³/mol. The molecule has 3 aromatic rings. The monoisotopic (exact) mass is 499 g/mol. The molecular formula is C23H15Cl3F3NO2. The molecule has 3 nitrogen and oxygen atoms in total. The smallest absolute Gasteiger partial charge is 0.401 e. The van der Waals surface area contributed by atoms with E-state index in [2.05, 4.69) is 5.32 Å². The molecule has 2 aromatic carbocycles. The van der Waals surface area contributed by atoms with Crippen LogP contribution in [0, 0.1) is 0 Å². The number of anilines is 1. The van der Waals surface area contributed by atoms with E-state index in [1.165, 1.54) is 48.9 Å². The molecule has 0 saturated carbocycles. The van der Waals surface area contributed by atoms with Crippen molar-refractivity contribution in [3.8, 4) is 0 Å². The van der Waals surface area contributed by atoms with Crippen molar-refractivity contribution in [3.63, 3.8) is 0 Å². The van der Waals surface area contributed by atoms with Crippen LogP contribution in [0.15, 0.2) is 65.5 Å². The summed E-state index contributed by atoms with van der Waals surface area (Å²) in [5.41, 5.74) is -0.598. The van der Waals surface area contributed by atoms with Gasteiger partial charge in [-0.15, -0.1) is 0 Å². The number of halogens is 6. The molecule has 0 fully saturated rings. The lowest BCUT2D eigenvalue weighted by molar-refractivity contribution is -0.175. The minimum Gasteiger partial charge on any atom is -0.470 e. The fourth-order valence-corrected chi connectivity index (χ4v) is 4.65. The maximum Gasteiger partial charge on any atom is 0.401 e. The number of alkyl halides is 3. The van der Waals surface area contributed by atoms with Crippen LogP contribution in [-0.4, -0.2) is 12.1 Å². The lowest BCUT2D eigenvalue weighted by atomic mass is 9.79. The average Bonchev–Trinajstić information content (AvgIpc) is 3.37. The fourth-order valence-electron chi connectivity index (χ4n) is 3.86. The Hall–Kier alpha value is -2.41. The maximum atomic E-state index is 14.3. The highest BCUT2D eigenvalue weighted by atomic mass is 35.5. The standard InChI is InChI=1S/C23H15Cl3F3NO2/c24-16-8-15(9-17(25)10-16)22(23(27,28)29)5-3-14(11-22)13-1-2-19(20(26)7-13)21(31)30-18-4-6-32-12-18/h1-2,4,6-12H,3,5H2,(H,30,31). The Morgan fingerprint density at radius 1 is 1.03 bits per heavy atom. The Bertz CT molecular complexity index is 1190. The Kier molecular flexibility index (Phi) is 6.05. The van der Waals surface area contributed by atoms with Crippen molar-refractivity contribution in [2.45, 2.75) is 24.4 Å². The van der Waals surface area contributed by atoms with E-state index in [4.69, 9.17) is 39.2 Å². The van der Waals surface area contributed by atoms with Crippen molar-refractivity contribution in [1.82, 2.24) is 0 Å². The highest BCUT2D eigenvalue weighted by Gasteiger charge is 2.56. The first-order valence-corrected chi connectivity index (χ1v) is 10.6. The number of rotatable bonds is 4. The van der Waals surface area contributed by atoms with Gasteiger partial charge in [0.15, 0.2) is 0 Å². The molecular weight excluding hydrogens is 486 g/mol. The van der Waals surface area contributed by atoms with Crippen molar-refractivity contribution in [3.05, 3.63) is 92.8 Å². The zero-order valence-electron chi connectivity index (χ0n) is 16.3. The van der Waals surface area contributed by atoms with Crippen LogP contribution < -0.4 is 5.32 Å². The largest absolute Gasteiger partial charge is 0.470 e. The first-order valence-electron chi connectivity index (χ1n) is 9.47. The summed E-state index contributed by atoms with van der Waals surface area (Å²) in [6, 6.07) is 10.1. The van der Waals surface area contributed by atoms with Crippen LogP contribution in [0.25, 0.3) is 5.57 Å². The van der Waals surface area contributed by atoms with Crippen molar-refractivity contribution in [1.29, 1.82) is 0 Å². The quantitative estimate of drug-likeness (QED) is 0.392. The third-order valence-corrected chi connectivity index (χ3v) is 6.21. The Labute approximate surface area is 196 Å². The van der Waals surface area contributed by atoms with Gasteiger partial charge < -0.3 is 9.73 Å². The number of benzene rings is 2. The van der Waals surface area contributed by atoms with E-state index < -0.39 is 17.5 Å². The number of allylic oxidation sites excluding steroid dienone is 2. The van der Waals surface area contributed by atoms with Gasteiger partial charge in [0, 0.05) is 10.0 Å².